The first-order valence-electron chi connectivity index (χ1n) is 7.87. The number of rotatable bonds is 7. The number of carboxylic acid groups (broad SMARTS) is 1. The molecule has 1 aliphatic rings. The summed E-state index contributed by atoms with van der Waals surface area (Å²) < 4.78 is 10.4. The lowest BCUT2D eigenvalue weighted by Crippen LogP contribution is -2.36. The molecule has 1 amide bonds. The van der Waals surface area contributed by atoms with Gasteiger partial charge >= 0.3 is 5.97 Å². The summed E-state index contributed by atoms with van der Waals surface area (Å²) in [5, 5.41) is 12.1. The molecular weight excluding hydrogens is 298 g/mol. The van der Waals surface area contributed by atoms with Crippen LogP contribution in [0.3, 0.4) is 0 Å². The molecule has 0 spiro atoms. The Bertz CT molecular complexity index is 546. The van der Waals surface area contributed by atoms with Gasteiger partial charge in [0.2, 0.25) is 5.91 Å². The van der Waals surface area contributed by atoms with Crippen LogP contribution in [-0.4, -0.2) is 37.3 Å². The Morgan fingerprint density at radius 2 is 1.96 bits per heavy atom. The second-order valence-electron chi connectivity index (χ2n) is 5.69. The number of carboxylic acids is 1. The lowest BCUT2D eigenvalue weighted by atomic mass is 9.78. The monoisotopic (exact) mass is 321 g/mol. The van der Waals surface area contributed by atoms with Crippen LogP contribution in [0.1, 0.15) is 25.7 Å². The molecule has 126 valence electrons. The lowest BCUT2D eigenvalue weighted by molar-refractivity contribution is -0.147. The summed E-state index contributed by atoms with van der Waals surface area (Å²) in [4.78, 5) is 23.7. The number of anilines is 1. The third kappa shape index (κ3) is 4.96. The molecule has 2 N–H and O–H groups in total. The topological polar surface area (TPSA) is 84.9 Å². The average Bonchev–Trinajstić information content (AvgIpc) is 2.55. The van der Waals surface area contributed by atoms with Crippen LogP contribution in [-0.2, 0) is 14.3 Å². The van der Waals surface area contributed by atoms with Gasteiger partial charge in [0, 0.05) is 18.9 Å². The van der Waals surface area contributed by atoms with Crippen molar-refractivity contribution in [2.75, 3.05) is 25.6 Å². The molecule has 0 heterocycles. The van der Waals surface area contributed by atoms with Crippen molar-refractivity contribution in [1.82, 2.24) is 0 Å². The van der Waals surface area contributed by atoms with Gasteiger partial charge in [-0.15, -0.1) is 0 Å². The van der Waals surface area contributed by atoms with E-state index in [1.165, 1.54) is 0 Å². The van der Waals surface area contributed by atoms with E-state index in [1.54, 1.807) is 31.4 Å². The molecule has 6 heteroatoms. The van der Waals surface area contributed by atoms with E-state index < -0.39 is 17.8 Å². The summed E-state index contributed by atoms with van der Waals surface area (Å²) >= 11 is 0. The molecule has 0 saturated heterocycles. The first kappa shape index (κ1) is 17.3. The van der Waals surface area contributed by atoms with Crippen LogP contribution in [0.25, 0.3) is 0 Å². The van der Waals surface area contributed by atoms with Gasteiger partial charge in [-0.1, -0.05) is 18.9 Å². The molecule has 23 heavy (non-hydrogen) atoms. The van der Waals surface area contributed by atoms with Crippen LogP contribution in [0.4, 0.5) is 5.69 Å². The maximum atomic E-state index is 12.4. The minimum absolute atomic E-state index is 0.230. The second kappa shape index (κ2) is 8.53. The fraction of sp³-hybridized carbons (Fsp3) is 0.529. The van der Waals surface area contributed by atoms with Crippen LogP contribution in [0.2, 0.25) is 0 Å². The highest BCUT2D eigenvalue weighted by Crippen LogP contribution is 2.31. The normalized spacial score (nSPS) is 20.7. The Hall–Kier alpha value is -2.08. The van der Waals surface area contributed by atoms with Gasteiger partial charge < -0.3 is 19.9 Å². The fourth-order valence-electron chi connectivity index (χ4n) is 2.88. The first-order chi connectivity index (χ1) is 11.1. The van der Waals surface area contributed by atoms with E-state index in [-0.39, 0.29) is 5.91 Å². The molecule has 1 fully saturated rings. The van der Waals surface area contributed by atoms with Gasteiger partial charge in [-0.25, -0.2) is 0 Å². The number of nitrogens with one attached hydrogen (secondary N) is 1. The van der Waals surface area contributed by atoms with Crippen LogP contribution in [0.15, 0.2) is 24.3 Å². The van der Waals surface area contributed by atoms with Gasteiger partial charge in [0.1, 0.15) is 12.4 Å². The third-order valence-electron chi connectivity index (χ3n) is 4.08. The molecule has 0 aromatic heterocycles. The number of amides is 1. The number of aliphatic carboxylic acids is 1. The van der Waals surface area contributed by atoms with Crippen LogP contribution in [0.5, 0.6) is 5.75 Å². The molecular formula is C17H23NO5. The summed E-state index contributed by atoms with van der Waals surface area (Å²) in [6.07, 6.45) is 2.94. The molecule has 2 atom stereocenters. The summed E-state index contributed by atoms with van der Waals surface area (Å²) in [6.45, 7) is 0.913. The Morgan fingerprint density at radius 1 is 1.22 bits per heavy atom. The number of hydrogen-bond acceptors (Lipinski definition) is 4. The highest BCUT2D eigenvalue weighted by atomic mass is 16.5. The molecule has 1 aromatic carbocycles. The minimum Gasteiger partial charge on any atom is -0.491 e. The fourth-order valence-corrected chi connectivity index (χ4v) is 2.88. The standard InChI is InChI=1S/C17H23NO5/c1-22-9-10-23-13-6-4-5-12(11-13)18-16(19)14-7-2-3-8-15(14)17(20)21/h4-6,11,14-15H,2-3,7-10H2,1H3,(H,18,19)(H,20,21)/t14-,15+/m1/s1. The molecule has 1 aliphatic carbocycles. The van der Waals surface area contributed by atoms with Crippen molar-refractivity contribution in [1.29, 1.82) is 0 Å². The number of methoxy groups -OCH3 is 1. The van der Waals surface area contributed by atoms with E-state index in [9.17, 15) is 14.7 Å². The Balaban J connectivity index is 1.98. The van der Waals surface area contributed by atoms with E-state index in [2.05, 4.69) is 5.32 Å². The summed E-state index contributed by atoms with van der Waals surface area (Å²) in [6, 6.07) is 7.07. The van der Waals surface area contributed by atoms with Crippen molar-refractivity contribution in [3.05, 3.63) is 24.3 Å². The zero-order valence-electron chi connectivity index (χ0n) is 13.3. The minimum atomic E-state index is -0.888. The van der Waals surface area contributed by atoms with E-state index in [4.69, 9.17) is 9.47 Å². The highest BCUT2D eigenvalue weighted by molar-refractivity contribution is 5.95. The van der Waals surface area contributed by atoms with Crippen molar-refractivity contribution in [3.63, 3.8) is 0 Å². The summed E-state index contributed by atoms with van der Waals surface area (Å²) in [5.74, 6) is -1.55. The van der Waals surface area contributed by atoms with E-state index in [0.29, 0.717) is 37.5 Å². The maximum absolute atomic E-state index is 12.4. The van der Waals surface area contributed by atoms with Crippen molar-refractivity contribution in [3.8, 4) is 5.75 Å². The Labute approximate surface area is 135 Å². The maximum Gasteiger partial charge on any atom is 0.307 e. The average molecular weight is 321 g/mol. The summed E-state index contributed by atoms with van der Waals surface area (Å²) in [5.41, 5.74) is 0.611. The second-order valence-corrected chi connectivity index (χ2v) is 5.69. The first-order valence-corrected chi connectivity index (χ1v) is 7.87. The third-order valence-corrected chi connectivity index (χ3v) is 4.08. The molecule has 6 nitrogen and oxygen atoms in total. The van der Waals surface area contributed by atoms with Crippen molar-refractivity contribution >= 4 is 17.6 Å². The number of carbonyl (C=O) groups is 2. The molecule has 0 bridgehead atoms. The molecule has 0 aliphatic heterocycles. The van der Waals surface area contributed by atoms with E-state index in [1.807, 2.05) is 0 Å². The zero-order chi connectivity index (χ0) is 16.7. The van der Waals surface area contributed by atoms with Crippen molar-refractivity contribution < 1.29 is 24.2 Å². The number of hydrogen-bond donors (Lipinski definition) is 2. The van der Waals surface area contributed by atoms with Gasteiger partial charge in [-0.2, -0.15) is 0 Å². The largest absolute Gasteiger partial charge is 0.491 e. The van der Waals surface area contributed by atoms with E-state index in [0.717, 1.165) is 12.8 Å². The predicted molar refractivity (Wildman–Crippen MR) is 85.5 cm³/mol. The van der Waals surface area contributed by atoms with Gasteiger partial charge in [0.05, 0.1) is 18.4 Å². The molecule has 2 rings (SSSR count). The van der Waals surface area contributed by atoms with Crippen molar-refractivity contribution in [2.24, 2.45) is 11.8 Å². The quantitative estimate of drug-likeness (QED) is 0.754. The smallest absolute Gasteiger partial charge is 0.307 e. The molecule has 1 aromatic rings. The number of ether oxygens (including phenoxy) is 2. The summed E-state index contributed by atoms with van der Waals surface area (Å²) in [7, 11) is 1.60. The zero-order valence-corrected chi connectivity index (χ0v) is 13.3. The lowest BCUT2D eigenvalue weighted by Gasteiger charge is -2.27. The number of benzene rings is 1. The van der Waals surface area contributed by atoms with E-state index >= 15 is 0 Å². The van der Waals surface area contributed by atoms with Gasteiger partial charge in [0.15, 0.2) is 0 Å². The number of carbonyl (C=O) groups excluding carboxylic acids is 1. The molecule has 1 saturated carbocycles. The molecule has 0 unspecified atom stereocenters. The molecule has 0 radical (unpaired) electrons. The van der Waals surface area contributed by atoms with Crippen LogP contribution < -0.4 is 10.1 Å². The predicted octanol–water partition coefficient (Wildman–Crippen LogP) is 2.54. The van der Waals surface area contributed by atoms with Crippen LogP contribution in [0, 0.1) is 11.8 Å². The Morgan fingerprint density at radius 3 is 2.65 bits per heavy atom. The Kier molecular flexibility index (Phi) is 6.40. The van der Waals surface area contributed by atoms with Gasteiger partial charge in [0.25, 0.3) is 0 Å². The van der Waals surface area contributed by atoms with Crippen molar-refractivity contribution in [2.45, 2.75) is 25.7 Å². The van der Waals surface area contributed by atoms with Gasteiger partial charge in [-0.05, 0) is 25.0 Å². The van der Waals surface area contributed by atoms with Gasteiger partial charge in [-0.3, -0.25) is 9.59 Å². The SMILES string of the molecule is COCCOc1cccc(NC(=O)[C@@H]2CCCC[C@@H]2C(=O)O)c1. The highest BCUT2D eigenvalue weighted by Gasteiger charge is 2.35. The van der Waals surface area contributed by atoms with Crippen LogP contribution >= 0.6 is 0 Å².